The van der Waals surface area contributed by atoms with E-state index in [1.165, 1.54) is 6.20 Å². The SMILES string of the molecule is CCS(=O)(=O)C1CCN(C(=O)c2cncc(Br)c2)CC1. The van der Waals surface area contributed by atoms with Gasteiger partial charge in [0.25, 0.3) is 5.91 Å². The Labute approximate surface area is 127 Å². The minimum atomic E-state index is -3.00. The fourth-order valence-electron chi connectivity index (χ4n) is 2.37. The van der Waals surface area contributed by atoms with Gasteiger partial charge in [-0.05, 0) is 34.8 Å². The zero-order valence-electron chi connectivity index (χ0n) is 11.3. The van der Waals surface area contributed by atoms with Crippen molar-refractivity contribution in [2.45, 2.75) is 25.0 Å². The largest absolute Gasteiger partial charge is 0.339 e. The molecule has 0 spiro atoms. The molecule has 1 aliphatic rings. The molecule has 1 fully saturated rings. The van der Waals surface area contributed by atoms with Crippen LogP contribution >= 0.6 is 15.9 Å². The molecule has 1 saturated heterocycles. The van der Waals surface area contributed by atoms with Crippen LogP contribution < -0.4 is 0 Å². The van der Waals surface area contributed by atoms with Gasteiger partial charge in [0.1, 0.15) is 0 Å². The van der Waals surface area contributed by atoms with Crippen LogP contribution in [0.4, 0.5) is 0 Å². The van der Waals surface area contributed by atoms with Gasteiger partial charge in [0.2, 0.25) is 0 Å². The van der Waals surface area contributed by atoms with E-state index >= 15 is 0 Å². The Morgan fingerprint density at radius 3 is 2.60 bits per heavy atom. The first kappa shape index (κ1) is 15.4. The number of pyridine rings is 1. The summed E-state index contributed by atoms with van der Waals surface area (Å²) >= 11 is 3.29. The second-order valence-electron chi connectivity index (χ2n) is 4.83. The van der Waals surface area contributed by atoms with E-state index in [9.17, 15) is 13.2 Å². The highest BCUT2D eigenvalue weighted by Crippen LogP contribution is 2.20. The zero-order chi connectivity index (χ0) is 14.8. The number of carbonyl (C=O) groups excluding carboxylic acids is 1. The van der Waals surface area contributed by atoms with Crippen molar-refractivity contribution in [2.75, 3.05) is 18.8 Å². The Morgan fingerprint density at radius 1 is 1.40 bits per heavy atom. The third-order valence-corrected chi connectivity index (χ3v) is 6.32. The van der Waals surface area contributed by atoms with Crippen molar-refractivity contribution in [3.8, 4) is 0 Å². The molecule has 1 amide bonds. The van der Waals surface area contributed by atoms with E-state index in [0.29, 0.717) is 31.5 Å². The molecular weight excluding hydrogens is 344 g/mol. The summed E-state index contributed by atoms with van der Waals surface area (Å²) in [5.74, 6) is 0.0763. The molecule has 110 valence electrons. The Morgan fingerprint density at radius 2 is 2.05 bits per heavy atom. The molecule has 1 aromatic heterocycles. The summed E-state index contributed by atoms with van der Waals surface area (Å²) in [6, 6.07) is 1.73. The van der Waals surface area contributed by atoms with E-state index in [1.54, 1.807) is 24.1 Å². The summed E-state index contributed by atoms with van der Waals surface area (Å²) in [6.07, 6.45) is 4.19. The number of aromatic nitrogens is 1. The Hall–Kier alpha value is -0.950. The first-order chi connectivity index (χ1) is 9.44. The lowest BCUT2D eigenvalue weighted by Gasteiger charge is -2.31. The highest BCUT2D eigenvalue weighted by molar-refractivity contribution is 9.10. The van der Waals surface area contributed by atoms with Gasteiger partial charge >= 0.3 is 0 Å². The molecule has 1 aliphatic heterocycles. The second kappa shape index (κ2) is 6.22. The van der Waals surface area contributed by atoms with Crippen LogP contribution in [0.2, 0.25) is 0 Å². The van der Waals surface area contributed by atoms with Crippen LogP contribution in [-0.2, 0) is 9.84 Å². The maximum atomic E-state index is 12.3. The zero-order valence-corrected chi connectivity index (χ0v) is 13.7. The Balaban J connectivity index is 2.02. The first-order valence-corrected chi connectivity index (χ1v) is 9.06. The van der Waals surface area contributed by atoms with Gasteiger partial charge in [0.15, 0.2) is 9.84 Å². The van der Waals surface area contributed by atoms with E-state index in [2.05, 4.69) is 20.9 Å². The Bertz CT molecular complexity index is 595. The van der Waals surface area contributed by atoms with Gasteiger partial charge in [-0.15, -0.1) is 0 Å². The lowest BCUT2D eigenvalue weighted by atomic mass is 10.1. The third-order valence-electron chi connectivity index (χ3n) is 3.59. The molecule has 0 atom stereocenters. The number of halogens is 1. The number of sulfone groups is 1. The van der Waals surface area contributed by atoms with Gasteiger partial charge in [-0.2, -0.15) is 0 Å². The molecule has 2 heterocycles. The number of rotatable bonds is 3. The summed E-state index contributed by atoms with van der Waals surface area (Å²) in [6.45, 7) is 2.63. The van der Waals surface area contributed by atoms with Crippen LogP contribution in [0.5, 0.6) is 0 Å². The lowest BCUT2D eigenvalue weighted by Crippen LogP contribution is -2.42. The fourth-order valence-corrected chi connectivity index (χ4v) is 4.13. The number of piperidine rings is 1. The molecular formula is C13H17BrN2O3S. The number of carbonyl (C=O) groups is 1. The minimum absolute atomic E-state index is 0.0915. The quantitative estimate of drug-likeness (QED) is 0.825. The minimum Gasteiger partial charge on any atom is -0.339 e. The van der Waals surface area contributed by atoms with Crippen LogP contribution in [-0.4, -0.2) is 48.3 Å². The van der Waals surface area contributed by atoms with Gasteiger partial charge in [-0.3, -0.25) is 9.78 Å². The van der Waals surface area contributed by atoms with Crippen molar-refractivity contribution in [3.63, 3.8) is 0 Å². The van der Waals surface area contributed by atoms with Crippen molar-refractivity contribution in [2.24, 2.45) is 0 Å². The topological polar surface area (TPSA) is 67.3 Å². The van der Waals surface area contributed by atoms with Crippen LogP contribution in [0.1, 0.15) is 30.1 Å². The van der Waals surface area contributed by atoms with Gasteiger partial charge in [0, 0.05) is 35.7 Å². The van der Waals surface area contributed by atoms with E-state index in [-0.39, 0.29) is 16.9 Å². The third kappa shape index (κ3) is 3.38. The van der Waals surface area contributed by atoms with Crippen molar-refractivity contribution >= 4 is 31.7 Å². The van der Waals surface area contributed by atoms with Gasteiger partial charge in [-0.1, -0.05) is 6.92 Å². The second-order valence-corrected chi connectivity index (χ2v) is 8.32. The smallest absolute Gasteiger partial charge is 0.255 e. The summed E-state index contributed by atoms with van der Waals surface area (Å²) in [7, 11) is -3.00. The molecule has 0 radical (unpaired) electrons. The van der Waals surface area contributed by atoms with Gasteiger partial charge in [0.05, 0.1) is 10.8 Å². The first-order valence-electron chi connectivity index (χ1n) is 6.55. The number of nitrogens with zero attached hydrogens (tertiary/aromatic N) is 2. The number of hydrogen-bond donors (Lipinski definition) is 0. The number of likely N-dealkylation sites (tertiary alicyclic amines) is 1. The Kier molecular flexibility index (Phi) is 4.80. The molecule has 20 heavy (non-hydrogen) atoms. The standard InChI is InChI=1S/C13H17BrN2O3S/c1-2-20(18,19)12-3-5-16(6-4-12)13(17)10-7-11(14)9-15-8-10/h7-9,12H,2-6H2,1H3. The summed E-state index contributed by atoms with van der Waals surface area (Å²) in [4.78, 5) is 18.0. The number of hydrogen-bond acceptors (Lipinski definition) is 4. The molecule has 1 aromatic rings. The monoisotopic (exact) mass is 360 g/mol. The molecule has 0 aliphatic carbocycles. The molecule has 0 N–H and O–H groups in total. The van der Waals surface area contributed by atoms with E-state index in [1.807, 2.05) is 0 Å². The highest BCUT2D eigenvalue weighted by Gasteiger charge is 2.30. The molecule has 2 rings (SSSR count). The molecule has 0 bridgehead atoms. The van der Waals surface area contributed by atoms with Gasteiger partial charge in [-0.25, -0.2) is 8.42 Å². The fraction of sp³-hybridized carbons (Fsp3) is 0.538. The van der Waals surface area contributed by atoms with Crippen LogP contribution in [0, 0.1) is 0 Å². The normalized spacial score (nSPS) is 17.2. The molecule has 7 heteroatoms. The predicted octanol–water partition coefficient (Wildman–Crippen LogP) is 1.88. The molecule has 5 nitrogen and oxygen atoms in total. The predicted molar refractivity (Wildman–Crippen MR) is 80.3 cm³/mol. The maximum Gasteiger partial charge on any atom is 0.255 e. The van der Waals surface area contributed by atoms with Crippen molar-refractivity contribution < 1.29 is 13.2 Å². The highest BCUT2D eigenvalue weighted by atomic mass is 79.9. The summed E-state index contributed by atoms with van der Waals surface area (Å²) in [5, 5.41) is -0.308. The van der Waals surface area contributed by atoms with E-state index < -0.39 is 9.84 Å². The number of amides is 1. The molecule has 0 unspecified atom stereocenters. The average molecular weight is 361 g/mol. The maximum absolute atomic E-state index is 12.3. The molecule has 0 aromatic carbocycles. The van der Waals surface area contributed by atoms with Crippen LogP contribution in [0.3, 0.4) is 0 Å². The lowest BCUT2D eigenvalue weighted by molar-refractivity contribution is 0.0725. The summed E-state index contributed by atoms with van der Waals surface area (Å²) < 4.78 is 24.4. The van der Waals surface area contributed by atoms with Crippen LogP contribution in [0.15, 0.2) is 22.9 Å². The van der Waals surface area contributed by atoms with Crippen molar-refractivity contribution in [1.82, 2.24) is 9.88 Å². The van der Waals surface area contributed by atoms with Crippen molar-refractivity contribution in [3.05, 3.63) is 28.5 Å². The average Bonchev–Trinajstić information content (AvgIpc) is 2.46. The van der Waals surface area contributed by atoms with Crippen molar-refractivity contribution in [1.29, 1.82) is 0 Å². The van der Waals surface area contributed by atoms with E-state index in [4.69, 9.17) is 0 Å². The molecule has 0 saturated carbocycles. The summed E-state index contributed by atoms with van der Waals surface area (Å²) in [5.41, 5.74) is 0.524. The van der Waals surface area contributed by atoms with Crippen LogP contribution in [0.25, 0.3) is 0 Å². The van der Waals surface area contributed by atoms with E-state index in [0.717, 1.165) is 4.47 Å². The van der Waals surface area contributed by atoms with Gasteiger partial charge < -0.3 is 4.90 Å².